The lowest BCUT2D eigenvalue weighted by atomic mass is 10.1. The largest absolute Gasteiger partial charge is 0.467 e. The van der Waals surface area contributed by atoms with Crippen LogP contribution in [0.4, 0.5) is 0 Å². The lowest BCUT2D eigenvalue weighted by Crippen LogP contribution is -2.48. The van der Waals surface area contributed by atoms with Crippen LogP contribution >= 0.6 is 0 Å². The van der Waals surface area contributed by atoms with Crippen molar-refractivity contribution in [3.05, 3.63) is 35.4 Å². The third-order valence-corrected chi connectivity index (χ3v) is 3.16. The molecule has 0 aliphatic carbocycles. The maximum Gasteiger partial charge on any atom is 0.330 e. The number of methoxy groups -OCH3 is 1. The molecule has 1 aromatic rings. The zero-order valence-corrected chi connectivity index (χ0v) is 11.4. The van der Waals surface area contributed by atoms with E-state index in [-0.39, 0.29) is 18.4 Å². The summed E-state index contributed by atoms with van der Waals surface area (Å²) in [7, 11) is 1.25. The van der Waals surface area contributed by atoms with Crippen LogP contribution < -0.4 is 5.32 Å². The Hall–Kier alpha value is -2.37. The maximum atomic E-state index is 12.2. The van der Waals surface area contributed by atoms with Gasteiger partial charge in [0, 0.05) is 19.0 Å². The van der Waals surface area contributed by atoms with Crippen LogP contribution in [0.15, 0.2) is 24.3 Å². The minimum Gasteiger partial charge on any atom is -0.467 e. The second-order valence-electron chi connectivity index (χ2n) is 4.62. The summed E-state index contributed by atoms with van der Waals surface area (Å²) >= 11 is 0. The van der Waals surface area contributed by atoms with Gasteiger partial charge < -0.3 is 15.0 Å². The van der Waals surface area contributed by atoms with Crippen LogP contribution in [0.5, 0.6) is 0 Å². The minimum absolute atomic E-state index is 0.0970. The van der Waals surface area contributed by atoms with Crippen LogP contribution in [0.3, 0.4) is 0 Å². The Labute approximate surface area is 116 Å². The minimum atomic E-state index is -0.851. The highest BCUT2D eigenvalue weighted by Crippen LogP contribution is 2.22. The van der Waals surface area contributed by atoms with Gasteiger partial charge in [0.15, 0.2) is 0 Å². The molecule has 1 atom stereocenters. The van der Waals surface area contributed by atoms with Gasteiger partial charge in [-0.25, -0.2) is 4.79 Å². The Morgan fingerprint density at radius 3 is 2.70 bits per heavy atom. The zero-order chi connectivity index (χ0) is 14.7. The Morgan fingerprint density at radius 2 is 2.10 bits per heavy atom. The summed E-state index contributed by atoms with van der Waals surface area (Å²) in [4.78, 5) is 36.5. The number of amides is 2. The molecule has 0 radical (unpaired) electrons. The Bertz CT molecular complexity index is 556. The van der Waals surface area contributed by atoms with Gasteiger partial charge in [0.1, 0.15) is 6.04 Å². The van der Waals surface area contributed by atoms with Crippen LogP contribution in [0.1, 0.15) is 22.8 Å². The SMILES string of the molecule is COC(=O)C(CN1Cc2ccccc2C1=O)NC(C)=O. The molecule has 0 spiro atoms. The van der Waals surface area contributed by atoms with E-state index in [0.717, 1.165) is 5.56 Å². The quantitative estimate of drug-likeness (QED) is 0.804. The molecule has 20 heavy (non-hydrogen) atoms. The number of rotatable bonds is 4. The normalized spacial score (nSPS) is 14.7. The van der Waals surface area contributed by atoms with Crippen LogP contribution in [0, 0.1) is 0 Å². The van der Waals surface area contributed by atoms with Crippen LogP contribution in [0.25, 0.3) is 0 Å². The van der Waals surface area contributed by atoms with Gasteiger partial charge >= 0.3 is 5.97 Å². The highest BCUT2D eigenvalue weighted by molar-refractivity contribution is 5.98. The molecule has 6 nitrogen and oxygen atoms in total. The number of fused-ring (bicyclic) bond motifs is 1. The van der Waals surface area contributed by atoms with Crippen molar-refractivity contribution < 1.29 is 19.1 Å². The van der Waals surface area contributed by atoms with Crippen molar-refractivity contribution in [2.45, 2.75) is 19.5 Å². The molecule has 0 fully saturated rings. The number of carbonyl (C=O) groups is 3. The maximum absolute atomic E-state index is 12.2. The average Bonchev–Trinajstić information content (AvgIpc) is 2.74. The van der Waals surface area contributed by atoms with Gasteiger partial charge in [0.25, 0.3) is 5.91 Å². The predicted molar refractivity (Wildman–Crippen MR) is 70.8 cm³/mol. The standard InChI is InChI=1S/C14H16N2O4/c1-9(17)15-12(14(19)20-2)8-16-7-10-5-3-4-6-11(10)13(16)18/h3-6,12H,7-8H2,1-2H3,(H,15,17). The number of carbonyl (C=O) groups excluding carboxylic acids is 3. The van der Waals surface area contributed by atoms with Gasteiger partial charge in [-0.05, 0) is 11.6 Å². The molecule has 1 N–H and O–H groups in total. The number of hydrogen-bond acceptors (Lipinski definition) is 4. The summed E-state index contributed by atoms with van der Waals surface area (Å²) < 4.78 is 4.64. The van der Waals surface area contributed by atoms with E-state index in [1.54, 1.807) is 12.1 Å². The van der Waals surface area contributed by atoms with Crippen molar-refractivity contribution in [2.75, 3.05) is 13.7 Å². The van der Waals surface area contributed by atoms with Crippen LogP contribution in [0.2, 0.25) is 0 Å². The molecule has 0 saturated carbocycles. The number of benzene rings is 1. The van der Waals surface area contributed by atoms with Crippen molar-refractivity contribution in [2.24, 2.45) is 0 Å². The van der Waals surface area contributed by atoms with E-state index in [9.17, 15) is 14.4 Å². The fourth-order valence-corrected chi connectivity index (χ4v) is 2.25. The molecule has 0 aromatic heterocycles. The first-order valence-electron chi connectivity index (χ1n) is 6.25. The van der Waals surface area contributed by atoms with E-state index >= 15 is 0 Å². The van der Waals surface area contributed by atoms with Gasteiger partial charge in [0.2, 0.25) is 5.91 Å². The lowest BCUT2D eigenvalue weighted by molar-refractivity contribution is -0.145. The third kappa shape index (κ3) is 2.79. The van der Waals surface area contributed by atoms with Crippen molar-refractivity contribution >= 4 is 17.8 Å². The molecule has 1 unspecified atom stereocenters. The van der Waals surface area contributed by atoms with Gasteiger partial charge in [-0.1, -0.05) is 18.2 Å². The Morgan fingerprint density at radius 1 is 1.40 bits per heavy atom. The summed E-state index contributed by atoms with van der Waals surface area (Å²) in [5.41, 5.74) is 1.56. The molecule has 1 aliphatic heterocycles. The van der Waals surface area contributed by atoms with E-state index in [1.165, 1.54) is 18.9 Å². The Balaban J connectivity index is 2.11. The summed E-state index contributed by atoms with van der Waals surface area (Å²) in [5.74, 6) is -1.05. The highest BCUT2D eigenvalue weighted by atomic mass is 16.5. The number of esters is 1. The molecular weight excluding hydrogens is 260 g/mol. The van der Waals surface area contributed by atoms with E-state index in [4.69, 9.17) is 0 Å². The zero-order valence-electron chi connectivity index (χ0n) is 11.4. The van der Waals surface area contributed by atoms with Crippen LogP contribution in [-0.2, 0) is 20.9 Å². The van der Waals surface area contributed by atoms with Gasteiger partial charge in [-0.2, -0.15) is 0 Å². The summed E-state index contributed by atoms with van der Waals surface area (Å²) in [5, 5.41) is 2.50. The second-order valence-corrected chi connectivity index (χ2v) is 4.62. The monoisotopic (exact) mass is 276 g/mol. The number of ether oxygens (including phenoxy) is 1. The smallest absolute Gasteiger partial charge is 0.330 e. The van der Waals surface area contributed by atoms with Crippen molar-refractivity contribution in [1.29, 1.82) is 0 Å². The molecule has 1 aromatic carbocycles. The van der Waals surface area contributed by atoms with Gasteiger partial charge in [-0.15, -0.1) is 0 Å². The number of nitrogens with one attached hydrogen (secondary N) is 1. The fourth-order valence-electron chi connectivity index (χ4n) is 2.25. The molecule has 2 amide bonds. The third-order valence-electron chi connectivity index (χ3n) is 3.16. The topological polar surface area (TPSA) is 75.7 Å². The van der Waals surface area contributed by atoms with Gasteiger partial charge in [-0.3, -0.25) is 9.59 Å². The number of nitrogens with zero attached hydrogens (tertiary/aromatic N) is 1. The Kier molecular flexibility index (Phi) is 4.02. The van der Waals surface area contributed by atoms with Gasteiger partial charge in [0.05, 0.1) is 13.7 Å². The van der Waals surface area contributed by atoms with Crippen molar-refractivity contribution in [1.82, 2.24) is 10.2 Å². The summed E-state index contributed by atoms with van der Waals surface area (Å²) in [6.07, 6.45) is 0. The average molecular weight is 276 g/mol. The fraction of sp³-hybridized carbons (Fsp3) is 0.357. The van der Waals surface area contributed by atoms with E-state index < -0.39 is 12.0 Å². The molecular formula is C14H16N2O4. The first-order chi connectivity index (χ1) is 9.52. The molecule has 6 heteroatoms. The molecule has 1 heterocycles. The summed E-state index contributed by atoms with van der Waals surface area (Å²) in [6, 6.07) is 6.44. The molecule has 0 saturated heterocycles. The highest BCUT2D eigenvalue weighted by Gasteiger charge is 2.31. The predicted octanol–water partition coefficient (Wildman–Crippen LogP) is 0.320. The molecule has 1 aliphatic rings. The lowest BCUT2D eigenvalue weighted by Gasteiger charge is -2.22. The van der Waals surface area contributed by atoms with Crippen molar-refractivity contribution in [3.63, 3.8) is 0 Å². The first kappa shape index (κ1) is 14.0. The van der Waals surface area contributed by atoms with E-state index in [1.807, 2.05) is 12.1 Å². The van der Waals surface area contributed by atoms with Crippen LogP contribution in [-0.4, -0.2) is 42.4 Å². The second kappa shape index (κ2) is 5.73. The number of hydrogen-bond donors (Lipinski definition) is 1. The molecule has 106 valence electrons. The summed E-state index contributed by atoms with van der Waals surface area (Å²) in [6.45, 7) is 1.85. The molecule has 2 rings (SSSR count). The molecule has 0 bridgehead atoms. The van der Waals surface area contributed by atoms with E-state index in [0.29, 0.717) is 12.1 Å². The first-order valence-corrected chi connectivity index (χ1v) is 6.25. The van der Waals surface area contributed by atoms with E-state index in [2.05, 4.69) is 10.1 Å². The van der Waals surface area contributed by atoms with Crippen molar-refractivity contribution in [3.8, 4) is 0 Å².